The lowest BCUT2D eigenvalue weighted by atomic mass is 9.45. The van der Waals surface area contributed by atoms with Gasteiger partial charge in [0.25, 0.3) is 0 Å². The highest BCUT2D eigenvalue weighted by molar-refractivity contribution is 5.94. The van der Waals surface area contributed by atoms with E-state index in [9.17, 15) is 9.90 Å². The Balaban J connectivity index is 1.44. The van der Waals surface area contributed by atoms with E-state index in [1.54, 1.807) is 6.07 Å². The smallest absolute Gasteiger partial charge is 0.177 e. The van der Waals surface area contributed by atoms with Gasteiger partial charge in [0.05, 0.1) is 11.0 Å². The van der Waals surface area contributed by atoms with E-state index in [4.69, 9.17) is 9.47 Å². The molecule has 2 aliphatic heterocycles. The third-order valence-corrected chi connectivity index (χ3v) is 9.24. The molecule has 0 aromatic heterocycles. The molecule has 2 fully saturated rings. The molecule has 1 N–H and O–H groups in total. The van der Waals surface area contributed by atoms with Crippen LogP contribution in [0.15, 0.2) is 42.5 Å². The third-order valence-electron chi connectivity index (χ3n) is 9.24. The van der Waals surface area contributed by atoms with Crippen molar-refractivity contribution in [2.24, 2.45) is 0 Å². The molecule has 2 aromatic rings. The van der Waals surface area contributed by atoms with Crippen LogP contribution < -0.4 is 4.74 Å². The number of phenolic OH excluding ortho intramolecular Hbond substituents is 1. The minimum atomic E-state index is -1.00. The second kappa shape index (κ2) is 7.82. The Hall–Kier alpha value is -2.37. The molecule has 5 heteroatoms. The average molecular weight is 462 g/mol. The second-order valence-electron chi connectivity index (χ2n) is 10.7. The van der Waals surface area contributed by atoms with Gasteiger partial charge >= 0.3 is 0 Å². The Morgan fingerprint density at radius 3 is 2.79 bits per heavy atom. The summed E-state index contributed by atoms with van der Waals surface area (Å²) in [5.41, 5.74) is 1.53. The molecule has 1 saturated heterocycles. The number of nitrogens with zero attached hydrogens (tertiary/aromatic N) is 1. The van der Waals surface area contributed by atoms with Crippen LogP contribution in [-0.4, -0.2) is 52.7 Å². The third kappa shape index (κ3) is 2.71. The summed E-state index contributed by atoms with van der Waals surface area (Å²) in [7, 11) is 0. The number of piperidine rings is 1. The number of Topliss-reactive ketones (excluding diaryl/α,β-unsaturated/α-hetero) is 1. The first kappa shape index (κ1) is 22.1. The summed E-state index contributed by atoms with van der Waals surface area (Å²) >= 11 is 0. The van der Waals surface area contributed by atoms with Crippen molar-refractivity contribution in [2.75, 3.05) is 19.7 Å². The molecular weight excluding hydrogens is 426 g/mol. The van der Waals surface area contributed by atoms with Crippen LogP contribution in [0.2, 0.25) is 0 Å². The van der Waals surface area contributed by atoms with Gasteiger partial charge in [-0.15, -0.1) is 0 Å². The fourth-order valence-corrected chi connectivity index (χ4v) is 7.86. The fraction of sp³-hybridized carbons (Fsp3) is 0.552. The molecule has 0 amide bonds. The van der Waals surface area contributed by atoms with Gasteiger partial charge in [0.1, 0.15) is 0 Å². The molecule has 4 atom stereocenters. The maximum Gasteiger partial charge on any atom is 0.177 e. The standard InChI is InChI=1S/C29H35NO4/c1-3-16-30-17-15-28-25-21-11-12-22(31)26(25)34-27(28,2)24(32)13-14-29(28,23(30)19-21)33-18-7-10-20-8-5-4-6-9-20/h4-6,8-9,11-12,23,31H,3,7,10,13-19H2,1-2H3/t23-,27+,28+,29-/m1/s1. The number of ether oxygens (including phenoxy) is 2. The lowest BCUT2D eigenvalue weighted by Gasteiger charge is -2.66. The summed E-state index contributed by atoms with van der Waals surface area (Å²) in [6.45, 7) is 6.81. The minimum Gasteiger partial charge on any atom is -0.504 e. The zero-order valence-electron chi connectivity index (χ0n) is 20.3. The Kier molecular flexibility index (Phi) is 5.09. The molecule has 1 saturated carbocycles. The topological polar surface area (TPSA) is 59.0 Å². The van der Waals surface area contributed by atoms with Gasteiger partial charge in [-0.1, -0.05) is 43.3 Å². The molecule has 2 bridgehead atoms. The van der Waals surface area contributed by atoms with Gasteiger partial charge in [0, 0.05) is 24.6 Å². The number of phenols is 1. The predicted molar refractivity (Wildman–Crippen MR) is 130 cm³/mol. The van der Waals surface area contributed by atoms with Crippen LogP contribution in [-0.2, 0) is 27.8 Å². The van der Waals surface area contributed by atoms with Crippen molar-refractivity contribution in [2.45, 2.75) is 81.5 Å². The van der Waals surface area contributed by atoms with E-state index in [0.717, 1.165) is 57.2 Å². The number of carbonyl (C=O) groups is 1. The summed E-state index contributed by atoms with van der Waals surface area (Å²) in [6.07, 6.45) is 5.86. The maximum atomic E-state index is 13.5. The van der Waals surface area contributed by atoms with Crippen molar-refractivity contribution in [3.63, 3.8) is 0 Å². The number of rotatable bonds is 7. The molecule has 6 rings (SSSR count). The largest absolute Gasteiger partial charge is 0.504 e. The van der Waals surface area contributed by atoms with Gasteiger partial charge in [0.15, 0.2) is 22.9 Å². The van der Waals surface area contributed by atoms with E-state index in [-0.39, 0.29) is 17.6 Å². The van der Waals surface area contributed by atoms with Gasteiger partial charge in [-0.05, 0) is 75.7 Å². The van der Waals surface area contributed by atoms with Crippen molar-refractivity contribution >= 4 is 5.78 Å². The molecular formula is C29H35NO4. The van der Waals surface area contributed by atoms with Crippen molar-refractivity contribution < 1.29 is 19.4 Å². The van der Waals surface area contributed by atoms with Gasteiger partial charge in [-0.2, -0.15) is 0 Å². The summed E-state index contributed by atoms with van der Waals surface area (Å²) in [5.74, 6) is 0.806. The number of carbonyl (C=O) groups excluding carboxylic acids is 1. The normalized spacial score (nSPS) is 33.5. The van der Waals surface area contributed by atoms with Crippen LogP contribution in [0.25, 0.3) is 0 Å². The first-order valence-electron chi connectivity index (χ1n) is 13.0. The van der Waals surface area contributed by atoms with Crippen LogP contribution in [0.4, 0.5) is 0 Å². The van der Waals surface area contributed by atoms with E-state index >= 15 is 0 Å². The highest BCUT2D eigenvalue weighted by Gasteiger charge is 2.78. The van der Waals surface area contributed by atoms with Crippen molar-refractivity contribution in [3.8, 4) is 11.5 Å². The summed E-state index contributed by atoms with van der Waals surface area (Å²) in [4.78, 5) is 16.1. The number of hydrogen-bond donors (Lipinski definition) is 1. The van der Waals surface area contributed by atoms with Crippen LogP contribution >= 0.6 is 0 Å². The lowest BCUT2D eigenvalue weighted by Crippen LogP contribution is -2.80. The number of ketones is 1. The molecule has 5 nitrogen and oxygen atoms in total. The molecule has 34 heavy (non-hydrogen) atoms. The van der Waals surface area contributed by atoms with Crippen LogP contribution in [0.5, 0.6) is 11.5 Å². The van der Waals surface area contributed by atoms with Gasteiger partial charge in [0.2, 0.25) is 0 Å². The Morgan fingerprint density at radius 2 is 2.00 bits per heavy atom. The van der Waals surface area contributed by atoms with Crippen molar-refractivity contribution in [3.05, 3.63) is 59.2 Å². The Bertz CT molecular complexity index is 1120. The molecule has 0 radical (unpaired) electrons. The molecule has 1 spiro atoms. The van der Waals surface area contributed by atoms with E-state index < -0.39 is 16.6 Å². The van der Waals surface area contributed by atoms with Crippen LogP contribution in [0.3, 0.4) is 0 Å². The minimum absolute atomic E-state index is 0.141. The van der Waals surface area contributed by atoms with Crippen LogP contribution in [0.1, 0.15) is 62.6 Å². The molecule has 2 heterocycles. The first-order valence-corrected chi connectivity index (χ1v) is 13.0. The van der Waals surface area contributed by atoms with Crippen molar-refractivity contribution in [1.82, 2.24) is 4.90 Å². The van der Waals surface area contributed by atoms with E-state index in [0.29, 0.717) is 18.8 Å². The Labute approximate surface area is 202 Å². The first-order chi connectivity index (χ1) is 16.5. The van der Waals surface area contributed by atoms with E-state index in [1.165, 1.54) is 11.1 Å². The fourth-order valence-electron chi connectivity index (χ4n) is 7.86. The van der Waals surface area contributed by atoms with E-state index in [2.05, 4.69) is 36.1 Å². The highest BCUT2D eigenvalue weighted by atomic mass is 16.5. The predicted octanol–water partition coefficient (Wildman–Crippen LogP) is 4.57. The molecule has 2 aliphatic carbocycles. The Morgan fingerprint density at radius 1 is 1.18 bits per heavy atom. The second-order valence-corrected chi connectivity index (χ2v) is 10.7. The molecule has 2 aromatic carbocycles. The van der Waals surface area contributed by atoms with Gasteiger partial charge < -0.3 is 14.6 Å². The van der Waals surface area contributed by atoms with E-state index in [1.807, 2.05) is 19.1 Å². The number of aromatic hydroxyl groups is 1. The monoisotopic (exact) mass is 461 g/mol. The zero-order valence-corrected chi connectivity index (χ0v) is 20.3. The maximum absolute atomic E-state index is 13.5. The van der Waals surface area contributed by atoms with Gasteiger partial charge in [-0.25, -0.2) is 0 Å². The quantitative estimate of drug-likeness (QED) is 0.612. The molecule has 4 aliphatic rings. The number of benzene rings is 2. The SMILES string of the molecule is CCCN1CC[C@]23c4c5ccc(O)c4O[C@@]2(C)C(=O)CC[C@@]3(OCCCc2ccccc2)[C@H]1C5. The number of likely N-dealkylation sites (tertiary alicyclic amines) is 1. The number of hydrogen-bond acceptors (Lipinski definition) is 5. The highest BCUT2D eigenvalue weighted by Crippen LogP contribution is 2.69. The summed E-state index contributed by atoms with van der Waals surface area (Å²) in [6, 6.07) is 14.5. The molecule has 180 valence electrons. The summed E-state index contributed by atoms with van der Waals surface area (Å²) < 4.78 is 13.6. The zero-order chi connectivity index (χ0) is 23.6. The molecule has 0 unspecified atom stereocenters. The van der Waals surface area contributed by atoms with Crippen molar-refractivity contribution in [1.29, 1.82) is 0 Å². The average Bonchev–Trinajstić information content (AvgIpc) is 3.13. The lowest BCUT2D eigenvalue weighted by molar-refractivity contribution is -0.231. The summed E-state index contributed by atoms with van der Waals surface area (Å²) in [5, 5.41) is 10.8. The number of aryl methyl sites for hydroxylation is 1. The van der Waals surface area contributed by atoms with Gasteiger partial charge in [-0.3, -0.25) is 9.69 Å². The van der Waals surface area contributed by atoms with Crippen LogP contribution in [0, 0.1) is 0 Å².